The smallest absolute Gasteiger partial charge is 0.219 e. The van der Waals surface area contributed by atoms with Crippen LogP contribution in [0.5, 0.6) is 11.6 Å². The molecule has 0 atom stereocenters. The van der Waals surface area contributed by atoms with Gasteiger partial charge in [0.25, 0.3) is 0 Å². The van der Waals surface area contributed by atoms with Crippen molar-refractivity contribution in [2.75, 3.05) is 0 Å². The highest BCUT2D eigenvalue weighted by Gasteiger charge is 2.03. The molecule has 17 heavy (non-hydrogen) atoms. The van der Waals surface area contributed by atoms with Gasteiger partial charge in [0, 0.05) is 16.6 Å². The van der Waals surface area contributed by atoms with Gasteiger partial charge < -0.3 is 4.74 Å². The zero-order valence-corrected chi connectivity index (χ0v) is 11.0. The van der Waals surface area contributed by atoms with Crippen LogP contribution in [0.4, 0.5) is 4.39 Å². The molecule has 0 amide bonds. The molecule has 0 radical (unpaired) electrons. The lowest BCUT2D eigenvalue weighted by Gasteiger charge is -2.06. The summed E-state index contributed by atoms with van der Waals surface area (Å²) in [6, 6.07) is 9.58. The van der Waals surface area contributed by atoms with E-state index in [2.05, 4.69) is 20.9 Å². The van der Waals surface area contributed by atoms with Crippen molar-refractivity contribution in [1.29, 1.82) is 0 Å². The number of alkyl halides is 1. The van der Waals surface area contributed by atoms with Gasteiger partial charge in [0.15, 0.2) is 0 Å². The molecule has 0 N–H and O–H groups in total. The molecule has 0 aliphatic carbocycles. The summed E-state index contributed by atoms with van der Waals surface area (Å²) in [7, 11) is 0. The van der Waals surface area contributed by atoms with Crippen molar-refractivity contribution >= 4 is 27.5 Å². The molecule has 88 valence electrons. The van der Waals surface area contributed by atoms with E-state index in [1.165, 1.54) is 12.1 Å². The number of pyridine rings is 1. The van der Waals surface area contributed by atoms with E-state index < -0.39 is 0 Å². The van der Waals surface area contributed by atoms with E-state index >= 15 is 0 Å². The minimum Gasteiger partial charge on any atom is -0.439 e. The number of benzene rings is 1. The third-order valence-corrected chi connectivity index (χ3v) is 2.71. The van der Waals surface area contributed by atoms with Crippen molar-refractivity contribution < 1.29 is 9.13 Å². The summed E-state index contributed by atoms with van der Waals surface area (Å²) in [6.07, 6.45) is 0. The number of ether oxygens (including phenoxy) is 1. The third-order valence-electron chi connectivity index (χ3n) is 1.98. The van der Waals surface area contributed by atoms with E-state index in [0.29, 0.717) is 27.7 Å². The van der Waals surface area contributed by atoms with Crippen LogP contribution in [0.2, 0.25) is 0 Å². The summed E-state index contributed by atoms with van der Waals surface area (Å²) in [5, 5.41) is 0. The van der Waals surface area contributed by atoms with Gasteiger partial charge in [-0.3, -0.25) is 0 Å². The first-order valence-corrected chi connectivity index (χ1v) is 6.16. The largest absolute Gasteiger partial charge is 0.439 e. The molecule has 0 saturated heterocycles. The number of halogens is 3. The first-order chi connectivity index (χ1) is 8.17. The number of hydrogen-bond acceptors (Lipinski definition) is 2. The van der Waals surface area contributed by atoms with Gasteiger partial charge in [0.05, 0.1) is 11.6 Å². The van der Waals surface area contributed by atoms with Crippen LogP contribution < -0.4 is 4.74 Å². The molecule has 0 bridgehead atoms. The van der Waals surface area contributed by atoms with Gasteiger partial charge in [-0.05, 0) is 18.2 Å². The van der Waals surface area contributed by atoms with Crippen LogP contribution in [-0.2, 0) is 5.88 Å². The molecule has 0 unspecified atom stereocenters. The molecule has 0 aliphatic heterocycles. The zero-order chi connectivity index (χ0) is 12.3. The highest BCUT2D eigenvalue weighted by atomic mass is 79.9. The Labute approximate surface area is 112 Å². The Morgan fingerprint density at radius 2 is 2.12 bits per heavy atom. The van der Waals surface area contributed by atoms with Crippen LogP contribution in [0.3, 0.4) is 0 Å². The lowest BCUT2D eigenvalue weighted by Crippen LogP contribution is -1.91. The first-order valence-electron chi connectivity index (χ1n) is 4.83. The fraction of sp³-hybridized carbons (Fsp3) is 0.0833. The van der Waals surface area contributed by atoms with Gasteiger partial charge in [0.1, 0.15) is 11.6 Å². The van der Waals surface area contributed by atoms with Crippen molar-refractivity contribution in [2.45, 2.75) is 5.88 Å². The zero-order valence-electron chi connectivity index (χ0n) is 8.66. The maximum atomic E-state index is 13.1. The van der Waals surface area contributed by atoms with Crippen molar-refractivity contribution in [3.8, 4) is 11.6 Å². The Morgan fingerprint density at radius 3 is 2.82 bits per heavy atom. The monoisotopic (exact) mass is 315 g/mol. The van der Waals surface area contributed by atoms with Crippen LogP contribution >= 0.6 is 27.5 Å². The first kappa shape index (κ1) is 12.3. The van der Waals surface area contributed by atoms with Crippen molar-refractivity contribution in [1.82, 2.24) is 4.98 Å². The summed E-state index contributed by atoms with van der Waals surface area (Å²) in [5.74, 6) is 0.712. The van der Waals surface area contributed by atoms with Crippen LogP contribution in [-0.4, -0.2) is 4.98 Å². The van der Waals surface area contributed by atoms with Crippen LogP contribution in [0.1, 0.15) is 5.69 Å². The fourth-order valence-electron chi connectivity index (χ4n) is 1.30. The minimum absolute atomic E-state index is 0.310. The average Bonchev–Trinajstić information content (AvgIpc) is 2.28. The molecule has 2 rings (SSSR count). The number of aromatic nitrogens is 1. The molecule has 1 aromatic heterocycles. The van der Waals surface area contributed by atoms with Gasteiger partial charge in [-0.25, -0.2) is 9.37 Å². The van der Waals surface area contributed by atoms with Crippen molar-refractivity contribution in [2.24, 2.45) is 0 Å². The lowest BCUT2D eigenvalue weighted by molar-refractivity contribution is 0.456. The van der Waals surface area contributed by atoms with E-state index in [-0.39, 0.29) is 5.82 Å². The molecule has 5 heteroatoms. The Kier molecular flexibility index (Phi) is 3.97. The Bertz CT molecular complexity index is 515. The standard InChI is InChI=1S/C12H8BrClFNO/c13-8-4-9(15)6-11(5-8)17-12-3-1-2-10(7-14)16-12/h1-6H,7H2. The van der Waals surface area contributed by atoms with Gasteiger partial charge in [0.2, 0.25) is 5.88 Å². The molecule has 1 aromatic carbocycles. The van der Waals surface area contributed by atoms with Gasteiger partial charge >= 0.3 is 0 Å². The van der Waals surface area contributed by atoms with E-state index in [1.54, 1.807) is 24.3 Å². The highest BCUT2D eigenvalue weighted by molar-refractivity contribution is 9.10. The lowest BCUT2D eigenvalue weighted by atomic mass is 10.3. The minimum atomic E-state index is -0.372. The van der Waals surface area contributed by atoms with E-state index in [0.717, 1.165) is 0 Å². The van der Waals surface area contributed by atoms with Gasteiger partial charge in [-0.1, -0.05) is 22.0 Å². The Hall–Kier alpha value is -1.13. The normalized spacial score (nSPS) is 10.3. The molecule has 0 aliphatic rings. The van der Waals surface area contributed by atoms with Crippen LogP contribution in [0, 0.1) is 5.82 Å². The van der Waals surface area contributed by atoms with E-state index in [1.807, 2.05) is 0 Å². The summed E-state index contributed by atoms with van der Waals surface area (Å²) in [4.78, 5) is 4.15. The number of rotatable bonds is 3. The molecule has 0 fully saturated rings. The third kappa shape index (κ3) is 3.41. The summed E-state index contributed by atoms with van der Waals surface area (Å²) in [6.45, 7) is 0. The maximum Gasteiger partial charge on any atom is 0.219 e. The molecular weight excluding hydrogens is 308 g/mol. The number of nitrogens with zero attached hydrogens (tertiary/aromatic N) is 1. The predicted molar refractivity (Wildman–Crippen MR) is 68.0 cm³/mol. The molecule has 0 saturated carbocycles. The topological polar surface area (TPSA) is 22.1 Å². The number of hydrogen-bond donors (Lipinski definition) is 0. The van der Waals surface area contributed by atoms with Crippen molar-refractivity contribution in [3.63, 3.8) is 0 Å². The Balaban J connectivity index is 2.24. The molecular formula is C12H8BrClFNO. The quantitative estimate of drug-likeness (QED) is 0.777. The molecule has 2 nitrogen and oxygen atoms in total. The average molecular weight is 317 g/mol. The van der Waals surface area contributed by atoms with Crippen LogP contribution in [0.15, 0.2) is 40.9 Å². The molecule has 0 spiro atoms. The van der Waals surface area contributed by atoms with E-state index in [9.17, 15) is 4.39 Å². The second kappa shape index (κ2) is 5.47. The summed E-state index contributed by atoms with van der Waals surface area (Å²) < 4.78 is 19.2. The predicted octanol–water partition coefficient (Wildman–Crippen LogP) is 4.51. The summed E-state index contributed by atoms with van der Waals surface area (Å²) >= 11 is 8.86. The fourth-order valence-corrected chi connectivity index (χ4v) is 1.89. The molecule has 1 heterocycles. The van der Waals surface area contributed by atoms with Gasteiger partial charge in [-0.2, -0.15) is 0 Å². The second-order valence-corrected chi connectivity index (χ2v) is 4.49. The van der Waals surface area contributed by atoms with Gasteiger partial charge in [-0.15, -0.1) is 11.6 Å². The summed E-state index contributed by atoms with van der Waals surface area (Å²) in [5.41, 5.74) is 0.708. The highest BCUT2D eigenvalue weighted by Crippen LogP contribution is 2.25. The maximum absolute atomic E-state index is 13.1. The van der Waals surface area contributed by atoms with E-state index in [4.69, 9.17) is 16.3 Å². The SMILES string of the molecule is Fc1cc(Br)cc(Oc2cccc(CCl)n2)c1. The second-order valence-electron chi connectivity index (χ2n) is 3.31. The van der Waals surface area contributed by atoms with Crippen LogP contribution in [0.25, 0.3) is 0 Å². The Morgan fingerprint density at radius 1 is 1.29 bits per heavy atom. The molecule has 2 aromatic rings. The van der Waals surface area contributed by atoms with Crippen molar-refractivity contribution in [3.05, 3.63) is 52.4 Å².